The van der Waals surface area contributed by atoms with Crippen molar-refractivity contribution >= 4 is 5.78 Å². The van der Waals surface area contributed by atoms with Crippen molar-refractivity contribution in [2.24, 2.45) is 0 Å². The number of unbranched alkanes of at least 4 members (excludes halogenated alkanes) is 4. The Bertz CT molecular complexity index is 343. The van der Waals surface area contributed by atoms with Gasteiger partial charge in [-0.2, -0.15) is 0 Å². The summed E-state index contributed by atoms with van der Waals surface area (Å²) in [5.74, 6) is 0.968. The number of carbonyl (C=O) groups excluding carboxylic acids is 1. The van der Waals surface area contributed by atoms with Gasteiger partial charge in [0.05, 0.1) is 7.11 Å². The summed E-state index contributed by atoms with van der Waals surface area (Å²) in [6.07, 6.45) is 5.60. The third-order valence-electron chi connectivity index (χ3n) is 2.97. The van der Waals surface area contributed by atoms with Gasteiger partial charge < -0.3 is 9.84 Å². The number of methoxy groups -OCH3 is 1. The number of Topliss-reactive ketones (excluding diaryl/α,β-unsaturated/α-hetero) is 1. The van der Waals surface area contributed by atoms with Crippen LogP contribution in [0.2, 0.25) is 0 Å². The monoisotopic (exact) mass is 250 g/mol. The fourth-order valence-electron chi connectivity index (χ4n) is 1.85. The Morgan fingerprint density at radius 1 is 1.06 bits per heavy atom. The molecule has 0 bridgehead atoms. The Hall–Kier alpha value is -1.35. The Morgan fingerprint density at radius 3 is 2.28 bits per heavy atom. The maximum Gasteiger partial charge on any atom is 0.162 e. The zero-order chi connectivity index (χ0) is 13.2. The molecule has 1 aromatic carbocycles. The Labute approximate surface area is 109 Å². The van der Waals surface area contributed by atoms with E-state index in [0.29, 0.717) is 6.42 Å². The molecule has 0 amide bonds. The van der Waals surface area contributed by atoms with Gasteiger partial charge in [-0.25, -0.2) is 0 Å². The molecule has 0 fully saturated rings. The van der Waals surface area contributed by atoms with Crippen molar-refractivity contribution in [2.75, 3.05) is 13.7 Å². The first-order valence-electron chi connectivity index (χ1n) is 6.56. The molecule has 0 atom stereocenters. The lowest BCUT2D eigenvalue weighted by atomic mass is 10.0. The second-order valence-corrected chi connectivity index (χ2v) is 4.39. The maximum absolute atomic E-state index is 11.9. The lowest BCUT2D eigenvalue weighted by Gasteiger charge is -2.03. The zero-order valence-corrected chi connectivity index (χ0v) is 11.0. The molecule has 1 rings (SSSR count). The summed E-state index contributed by atoms with van der Waals surface area (Å²) in [5.41, 5.74) is 0.756. The SMILES string of the molecule is COc1ccc(C(=O)CCCCCCCO)cc1. The van der Waals surface area contributed by atoms with Crippen LogP contribution in [0.1, 0.15) is 48.9 Å². The van der Waals surface area contributed by atoms with E-state index in [1.54, 1.807) is 7.11 Å². The Morgan fingerprint density at radius 2 is 1.67 bits per heavy atom. The molecule has 100 valence electrons. The van der Waals surface area contributed by atoms with Crippen molar-refractivity contribution in [3.63, 3.8) is 0 Å². The Balaban J connectivity index is 2.23. The minimum Gasteiger partial charge on any atom is -0.497 e. The van der Waals surface area contributed by atoms with Crippen molar-refractivity contribution in [1.82, 2.24) is 0 Å². The summed E-state index contributed by atoms with van der Waals surface area (Å²) in [4.78, 5) is 11.9. The van der Waals surface area contributed by atoms with Gasteiger partial charge in [0.25, 0.3) is 0 Å². The molecule has 0 radical (unpaired) electrons. The normalized spacial score (nSPS) is 10.3. The van der Waals surface area contributed by atoms with Crippen LogP contribution in [-0.4, -0.2) is 24.6 Å². The highest BCUT2D eigenvalue weighted by atomic mass is 16.5. The van der Waals surface area contributed by atoms with Crippen LogP contribution in [-0.2, 0) is 0 Å². The van der Waals surface area contributed by atoms with Crippen molar-refractivity contribution < 1.29 is 14.6 Å². The highest BCUT2D eigenvalue weighted by molar-refractivity contribution is 5.96. The molecule has 0 unspecified atom stereocenters. The van der Waals surface area contributed by atoms with E-state index in [1.807, 2.05) is 24.3 Å². The predicted octanol–water partition coefficient (Wildman–Crippen LogP) is 3.21. The second kappa shape index (κ2) is 8.70. The predicted molar refractivity (Wildman–Crippen MR) is 72.1 cm³/mol. The van der Waals surface area contributed by atoms with Crippen LogP contribution in [0.4, 0.5) is 0 Å². The minimum absolute atomic E-state index is 0.194. The lowest BCUT2D eigenvalue weighted by molar-refractivity contribution is 0.0979. The minimum atomic E-state index is 0.194. The average molecular weight is 250 g/mol. The van der Waals surface area contributed by atoms with E-state index in [4.69, 9.17) is 9.84 Å². The molecule has 0 heterocycles. The quantitative estimate of drug-likeness (QED) is 0.540. The van der Waals surface area contributed by atoms with E-state index >= 15 is 0 Å². The smallest absolute Gasteiger partial charge is 0.162 e. The van der Waals surface area contributed by atoms with Gasteiger partial charge in [-0.15, -0.1) is 0 Å². The number of ether oxygens (including phenoxy) is 1. The highest BCUT2D eigenvalue weighted by Crippen LogP contribution is 2.14. The van der Waals surface area contributed by atoms with E-state index in [2.05, 4.69) is 0 Å². The number of carbonyl (C=O) groups is 1. The molecule has 0 aliphatic rings. The van der Waals surface area contributed by atoms with Crippen LogP contribution in [0.15, 0.2) is 24.3 Å². The van der Waals surface area contributed by atoms with Gasteiger partial charge in [-0.3, -0.25) is 4.79 Å². The maximum atomic E-state index is 11.9. The first kappa shape index (κ1) is 14.7. The first-order valence-corrected chi connectivity index (χ1v) is 6.56. The zero-order valence-electron chi connectivity index (χ0n) is 11.0. The number of hydrogen-bond acceptors (Lipinski definition) is 3. The summed E-state index contributed by atoms with van der Waals surface area (Å²) in [6.45, 7) is 0.269. The number of aliphatic hydroxyl groups excluding tert-OH is 1. The van der Waals surface area contributed by atoms with Crippen molar-refractivity contribution in [3.05, 3.63) is 29.8 Å². The van der Waals surface area contributed by atoms with Crippen molar-refractivity contribution in [3.8, 4) is 5.75 Å². The van der Waals surface area contributed by atoms with Gasteiger partial charge in [0.1, 0.15) is 5.75 Å². The van der Waals surface area contributed by atoms with Crippen LogP contribution >= 0.6 is 0 Å². The molecule has 0 aliphatic carbocycles. The fraction of sp³-hybridized carbons (Fsp3) is 0.533. The van der Waals surface area contributed by atoms with E-state index in [1.165, 1.54) is 0 Å². The number of hydrogen-bond donors (Lipinski definition) is 1. The molecule has 0 saturated carbocycles. The lowest BCUT2D eigenvalue weighted by Crippen LogP contribution is -1.99. The van der Waals surface area contributed by atoms with E-state index < -0.39 is 0 Å². The third kappa shape index (κ3) is 5.32. The van der Waals surface area contributed by atoms with Crippen LogP contribution in [0.25, 0.3) is 0 Å². The molecule has 1 aromatic rings. The van der Waals surface area contributed by atoms with Gasteiger partial charge in [0.15, 0.2) is 5.78 Å². The standard InChI is InChI=1S/C15H22O3/c1-18-14-10-8-13(9-11-14)15(17)7-5-3-2-4-6-12-16/h8-11,16H,2-7,12H2,1H3. The topological polar surface area (TPSA) is 46.5 Å². The molecule has 3 heteroatoms. The number of benzene rings is 1. The van der Waals surface area contributed by atoms with Gasteiger partial charge in [-0.1, -0.05) is 19.3 Å². The molecule has 18 heavy (non-hydrogen) atoms. The molecule has 0 aromatic heterocycles. The van der Waals surface area contributed by atoms with Crippen molar-refractivity contribution in [2.45, 2.75) is 38.5 Å². The summed E-state index contributed by atoms with van der Waals surface area (Å²) in [7, 11) is 1.61. The fourth-order valence-corrected chi connectivity index (χ4v) is 1.85. The summed E-state index contributed by atoms with van der Waals surface area (Å²) >= 11 is 0. The molecule has 0 saturated heterocycles. The third-order valence-corrected chi connectivity index (χ3v) is 2.97. The van der Waals surface area contributed by atoms with E-state index in [-0.39, 0.29) is 12.4 Å². The molecular formula is C15H22O3. The molecule has 0 aliphatic heterocycles. The molecule has 1 N–H and O–H groups in total. The number of ketones is 1. The van der Waals surface area contributed by atoms with Crippen LogP contribution in [0.3, 0.4) is 0 Å². The van der Waals surface area contributed by atoms with Gasteiger partial charge in [-0.05, 0) is 37.1 Å². The summed E-state index contributed by atoms with van der Waals surface area (Å²) in [6, 6.07) is 7.25. The number of aliphatic hydroxyl groups is 1. The molecule has 0 spiro atoms. The van der Waals surface area contributed by atoms with Gasteiger partial charge >= 0.3 is 0 Å². The van der Waals surface area contributed by atoms with E-state index in [9.17, 15) is 4.79 Å². The highest BCUT2D eigenvalue weighted by Gasteiger charge is 2.05. The largest absolute Gasteiger partial charge is 0.497 e. The average Bonchev–Trinajstić information content (AvgIpc) is 2.42. The van der Waals surface area contributed by atoms with Crippen LogP contribution in [0, 0.1) is 0 Å². The van der Waals surface area contributed by atoms with Gasteiger partial charge in [0.2, 0.25) is 0 Å². The first-order chi connectivity index (χ1) is 8.77. The van der Waals surface area contributed by atoms with E-state index in [0.717, 1.165) is 43.4 Å². The van der Waals surface area contributed by atoms with Crippen LogP contribution < -0.4 is 4.74 Å². The Kier molecular flexibility index (Phi) is 7.11. The van der Waals surface area contributed by atoms with Crippen LogP contribution in [0.5, 0.6) is 5.75 Å². The summed E-state index contributed by atoms with van der Waals surface area (Å²) in [5, 5.41) is 8.64. The van der Waals surface area contributed by atoms with Crippen molar-refractivity contribution in [1.29, 1.82) is 0 Å². The molecule has 3 nitrogen and oxygen atoms in total. The second-order valence-electron chi connectivity index (χ2n) is 4.39. The molecular weight excluding hydrogens is 228 g/mol. The van der Waals surface area contributed by atoms with Gasteiger partial charge in [0, 0.05) is 18.6 Å². The summed E-state index contributed by atoms with van der Waals surface area (Å²) < 4.78 is 5.05. The number of rotatable bonds is 9.